The Morgan fingerprint density at radius 2 is 2.11 bits per heavy atom. The molecular weight excluding hydrogens is 414 g/mol. The largest absolute Gasteiger partial charge is 0.366 e. The van der Waals surface area contributed by atoms with Gasteiger partial charge in [-0.05, 0) is 87.1 Å². The summed E-state index contributed by atoms with van der Waals surface area (Å²) in [6, 6.07) is 11.7. The molecule has 2 aromatic rings. The van der Waals surface area contributed by atoms with E-state index in [9.17, 15) is 4.79 Å². The minimum Gasteiger partial charge on any atom is -0.366 e. The van der Waals surface area contributed by atoms with Gasteiger partial charge >= 0.3 is 0 Å². The highest BCUT2D eigenvalue weighted by Gasteiger charge is 2.35. The number of amides is 1. The number of halogens is 1. The van der Waals surface area contributed by atoms with E-state index in [0.717, 1.165) is 28.6 Å². The Bertz CT molecular complexity index is 920. The monoisotopic (exact) mass is 441 g/mol. The molecule has 0 aliphatic carbocycles. The standard InChI is InChI=1S/C23H28BrN3O/c1-6-27-21-10-15(2)18(12-20(21)16(3)13-23(27,4)5)14-25-26-22(28)17-8-7-9-19(24)11-17/h7-12,14,16H,6,13H2,1-5H3,(H,26,28)/b25-14-/t16-/m0/s1. The van der Waals surface area contributed by atoms with Crippen LogP contribution in [0.3, 0.4) is 0 Å². The highest BCUT2D eigenvalue weighted by Crippen LogP contribution is 2.43. The maximum Gasteiger partial charge on any atom is 0.271 e. The maximum absolute atomic E-state index is 12.3. The van der Waals surface area contributed by atoms with Gasteiger partial charge in [0.1, 0.15) is 0 Å². The Labute approximate surface area is 176 Å². The van der Waals surface area contributed by atoms with Crippen LogP contribution >= 0.6 is 15.9 Å². The fourth-order valence-corrected chi connectivity index (χ4v) is 4.64. The summed E-state index contributed by atoms with van der Waals surface area (Å²) in [5, 5.41) is 4.20. The van der Waals surface area contributed by atoms with Gasteiger partial charge in [-0.15, -0.1) is 0 Å². The average molecular weight is 442 g/mol. The zero-order chi connectivity index (χ0) is 20.5. The van der Waals surface area contributed by atoms with E-state index in [0.29, 0.717) is 11.5 Å². The molecule has 28 heavy (non-hydrogen) atoms. The molecule has 1 N–H and O–H groups in total. The first-order valence-corrected chi connectivity index (χ1v) is 10.5. The van der Waals surface area contributed by atoms with Gasteiger partial charge in [0.05, 0.1) is 6.21 Å². The number of carbonyl (C=O) groups is 1. The number of hydrazone groups is 1. The maximum atomic E-state index is 12.3. The first kappa shape index (κ1) is 20.6. The van der Waals surface area contributed by atoms with Crippen LogP contribution in [0, 0.1) is 6.92 Å². The van der Waals surface area contributed by atoms with Gasteiger partial charge in [-0.2, -0.15) is 5.10 Å². The van der Waals surface area contributed by atoms with Crippen molar-refractivity contribution in [1.82, 2.24) is 5.43 Å². The normalized spacial score (nSPS) is 18.2. The van der Waals surface area contributed by atoms with Gasteiger partial charge < -0.3 is 4.90 Å². The molecular formula is C23H28BrN3O. The molecule has 1 heterocycles. The Hall–Kier alpha value is -2.14. The zero-order valence-corrected chi connectivity index (χ0v) is 18.8. The molecule has 2 aromatic carbocycles. The molecule has 0 saturated heterocycles. The second kappa shape index (κ2) is 8.08. The lowest BCUT2D eigenvalue weighted by Crippen LogP contribution is -2.48. The highest BCUT2D eigenvalue weighted by atomic mass is 79.9. The number of nitrogens with one attached hydrogen (secondary N) is 1. The van der Waals surface area contributed by atoms with E-state index in [1.807, 2.05) is 12.1 Å². The average Bonchev–Trinajstić information content (AvgIpc) is 2.62. The smallest absolute Gasteiger partial charge is 0.271 e. The van der Waals surface area contributed by atoms with E-state index in [2.05, 4.69) is 78.1 Å². The lowest BCUT2D eigenvalue weighted by Gasteiger charge is -2.47. The molecule has 0 unspecified atom stereocenters. The van der Waals surface area contributed by atoms with E-state index in [1.165, 1.54) is 11.3 Å². The number of aryl methyl sites for hydroxylation is 1. The minimum absolute atomic E-state index is 0.154. The molecule has 0 radical (unpaired) electrons. The number of hydrogen-bond donors (Lipinski definition) is 1. The molecule has 5 heteroatoms. The Morgan fingerprint density at radius 1 is 1.36 bits per heavy atom. The van der Waals surface area contributed by atoms with Crippen LogP contribution in [0.5, 0.6) is 0 Å². The molecule has 0 fully saturated rings. The van der Waals surface area contributed by atoms with Crippen LogP contribution in [-0.2, 0) is 0 Å². The number of carbonyl (C=O) groups excluding carboxylic acids is 1. The van der Waals surface area contributed by atoms with Crippen molar-refractivity contribution >= 4 is 33.7 Å². The fourth-order valence-electron chi connectivity index (χ4n) is 4.24. The van der Waals surface area contributed by atoms with E-state index < -0.39 is 0 Å². The highest BCUT2D eigenvalue weighted by molar-refractivity contribution is 9.10. The van der Waals surface area contributed by atoms with Crippen LogP contribution in [0.25, 0.3) is 0 Å². The van der Waals surface area contributed by atoms with Crippen molar-refractivity contribution in [3.8, 4) is 0 Å². The van der Waals surface area contributed by atoms with Crippen LogP contribution in [0.2, 0.25) is 0 Å². The topological polar surface area (TPSA) is 44.7 Å². The molecule has 1 aliphatic rings. The summed E-state index contributed by atoms with van der Waals surface area (Å²) in [4.78, 5) is 14.7. The van der Waals surface area contributed by atoms with Crippen molar-refractivity contribution in [2.45, 2.75) is 52.5 Å². The van der Waals surface area contributed by atoms with Crippen LogP contribution in [0.4, 0.5) is 5.69 Å². The second-order valence-electron chi connectivity index (χ2n) is 8.14. The molecule has 1 atom stereocenters. The molecule has 148 valence electrons. The Morgan fingerprint density at radius 3 is 2.79 bits per heavy atom. The second-order valence-corrected chi connectivity index (χ2v) is 9.05. The quantitative estimate of drug-likeness (QED) is 0.493. The number of benzene rings is 2. The van der Waals surface area contributed by atoms with E-state index in [-0.39, 0.29) is 11.4 Å². The summed E-state index contributed by atoms with van der Waals surface area (Å²) in [6.45, 7) is 12.2. The molecule has 3 rings (SSSR count). The van der Waals surface area contributed by atoms with Crippen LogP contribution < -0.4 is 10.3 Å². The molecule has 4 nitrogen and oxygen atoms in total. The van der Waals surface area contributed by atoms with Crippen molar-refractivity contribution in [2.75, 3.05) is 11.4 Å². The van der Waals surface area contributed by atoms with Gasteiger partial charge in [-0.1, -0.05) is 28.9 Å². The number of anilines is 1. The zero-order valence-electron chi connectivity index (χ0n) is 17.2. The lowest BCUT2D eigenvalue weighted by atomic mass is 9.79. The Kier molecular flexibility index (Phi) is 5.94. The van der Waals surface area contributed by atoms with Crippen LogP contribution in [0.15, 0.2) is 46.0 Å². The molecule has 0 spiro atoms. The number of nitrogens with zero attached hydrogens (tertiary/aromatic N) is 2. The summed E-state index contributed by atoms with van der Waals surface area (Å²) in [5.41, 5.74) is 8.22. The minimum atomic E-state index is -0.222. The fraction of sp³-hybridized carbons (Fsp3) is 0.391. The van der Waals surface area contributed by atoms with Gasteiger partial charge in [0.25, 0.3) is 5.91 Å². The number of fused-ring (bicyclic) bond motifs is 1. The SMILES string of the molecule is CCN1c2cc(C)c(/C=N\NC(=O)c3cccc(Br)c3)cc2[C@@H](C)CC1(C)C. The third-order valence-corrected chi connectivity index (χ3v) is 6.04. The predicted octanol–water partition coefficient (Wildman–Crippen LogP) is 5.63. The molecule has 1 amide bonds. The van der Waals surface area contributed by atoms with Gasteiger partial charge in [0.2, 0.25) is 0 Å². The summed E-state index contributed by atoms with van der Waals surface area (Å²) in [6.07, 6.45) is 2.86. The van der Waals surface area contributed by atoms with Gasteiger partial charge in [0, 0.05) is 27.8 Å². The third kappa shape index (κ3) is 4.14. The van der Waals surface area contributed by atoms with Crippen molar-refractivity contribution in [3.05, 3.63) is 63.1 Å². The van der Waals surface area contributed by atoms with Crippen molar-refractivity contribution in [2.24, 2.45) is 5.10 Å². The number of hydrogen-bond acceptors (Lipinski definition) is 3. The lowest BCUT2D eigenvalue weighted by molar-refractivity contribution is 0.0955. The molecule has 1 aliphatic heterocycles. The van der Waals surface area contributed by atoms with Crippen LogP contribution in [0.1, 0.15) is 67.1 Å². The van der Waals surface area contributed by atoms with Crippen molar-refractivity contribution < 1.29 is 4.79 Å². The first-order chi connectivity index (χ1) is 13.2. The molecule has 0 saturated carbocycles. The van der Waals surface area contributed by atoms with E-state index in [1.54, 1.807) is 18.3 Å². The summed E-state index contributed by atoms with van der Waals surface area (Å²) in [5.74, 6) is 0.261. The molecule has 0 bridgehead atoms. The van der Waals surface area contributed by atoms with E-state index >= 15 is 0 Å². The summed E-state index contributed by atoms with van der Waals surface area (Å²) in [7, 11) is 0. The van der Waals surface area contributed by atoms with Gasteiger partial charge in [0.15, 0.2) is 0 Å². The predicted molar refractivity (Wildman–Crippen MR) is 121 cm³/mol. The molecule has 0 aromatic heterocycles. The number of rotatable bonds is 4. The van der Waals surface area contributed by atoms with Crippen LogP contribution in [-0.4, -0.2) is 24.2 Å². The van der Waals surface area contributed by atoms with Gasteiger partial charge in [-0.3, -0.25) is 4.79 Å². The first-order valence-electron chi connectivity index (χ1n) is 9.74. The van der Waals surface area contributed by atoms with Crippen molar-refractivity contribution in [1.29, 1.82) is 0 Å². The third-order valence-electron chi connectivity index (χ3n) is 5.55. The Balaban J connectivity index is 1.83. The summed E-state index contributed by atoms with van der Waals surface area (Å²) < 4.78 is 0.868. The summed E-state index contributed by atoms with van der Waals surface area (Å²) >= 11 is 3.38. The van der Waals surface area contributed by atoms with Crippen molar-refractivity contribution in [3.63, 3.8) is 0 Å². The van der Waals surface area contributed by atoms with E-state index in [4.69, 9.17) is 0 Å². The van der Waals surface area contributed by atoms with Gasteiger partial charge in [-0.25, -0.2) is 5.43 Å².